The summed E-state index contributed by atoms with van der Waals surface area (Å²) >= 11 is 0. The molecule has 2 saturated heterocycles. The topological polar surface area (TPSA) is 65.1 Å². The van der Waals surface area contributed by atoms with Crippen molar-refractivity contribution in [1.82, 2.24) is 15.1 Å². The van der Waals surface area contributed by atoms with Gasteiger partial charge in [0.05, 0.1) is 0 Å². The van der Waals surface area contributed by atoms with Gasteiger partial charge >= 0.3 is 6.09 Å². The van der Waals surface area contributed by atoms with Crippen LogP contribution in [0.15, 0.2) is 24.3 Å². The molecule has 0 aromatic heterocycles. The van der Waals surface area contributed by atoms with Crippen LogP contribution in [0.3, 0.4) is 0 Å². The Labute approximate surface area is 180 Å². The van der Waals surface area contributed by atoms with Gasteiger partial charge < -0.3 is 24.8 Å². The molecule has 2 aliphatic heterocycles. The van der Waals surface area contributed by atoms with Crippen LogP contribution >= 0.6 is 0 Å². The highest BCUT2D eigenvalue weighted by Gasteiger charge is 2.26. The van der Waals surface area contributed by atoms with Crippen LogP contribution in [-0.4, -0.2) is 79.3 Å². The number of piperazine rings is 1. The predicted molar refractivity (Wildman–Crippen MR) is 119 cm³/mol. The number of anilines is 1. The summed E-state index contributed by atoms with van der Waals surface area (Å²) in [5, 5.41) is 3.18. The highest BCUT2D eigenvalue weighted by Crippen LogP contribution is 2.19. The third-order valence-electron chi connectivity index (χ3n) is 5.80. The first-order valence-corrected chi connectivity index (χ1v) is 11.1. The fourth-order valence-electron chi connectivity index (χ4n) is 3.96. The van der Waals surface area contributed by atoms with Gasteiger partial charge in [-0.3, -0.25) is 4.79 Å². The zero-order chi connectivity index (χ0) is 21.7. The molecule has 1 aromatic rings. The summed E-state index contributed by atoms with van der Waals surface area (Å²) in [4.78, 5) is 31.2. The Balaban J connectivity index is 1.48. The second-order valence-corrected chi connectivity index (χ2v) is 9.18. The van der Waals surface area contributed by atoms with Crippen molar-refractivity contribution >= 4 is 17.7 Å². The predicted octanol–water partition coefficient (Wildman–Crippen LogP) is 2.96. The van der Waals surface area contributed by atoms with Crippen LogP contribution in [0.5, 0.6) is 0 Å². The Morgan fingerprint density at radius 2 is 1.60 bits per heavy atom. The monoisotopic (exact) mass is 416 g/mol. The Hall–Kier alpha value is -2.28. The van der Waals surface area contributed by atoms with Crippen LogP contribution in [-0.2, 0) is 4.74 Å². The zero-order valence-corrected chi connectivity index (χ0v) is 18.8. The van der Waals surface area contributed by atoms with Gasteiger partial charge in [-0.25, -0.2) is 4.79 Å². The molecule has 30 heavy (non-hydrogen) atoms. The highest BCUT2D eigenvalue weighted by atomic mass is 16.6. The normalized spacial score (nSPS) is 18.9. The van der Waals surface area contributed by atoms with Gasteiger partial charge in [-0.15, -0.1) is 0 Å². The summed E-state index contributed by atoms with van der Waals surface area (Å²) in [5.74, 6) is 0.00578. The van der Waals surface area contributed by atoms with E-state index < -0.39 is 5.60 Å². The molecular weight excluding hydrogens is 380 g/mol. The lowest BCUT2D eigenvalue weighted by Crippen LogP contribution is -2.50. The number of carbonyl (C=O) groups is 2. The lowest BCUT2D eigenvalue weighted by molar-refractivity contribution is 0.0240. The average molecular weight is 417 g/mol. The van der Waals surface area contributed by atoms with Crippen LogP contribution in [0.2, 0.25) is 0 Å². The van der Waals surface area contributed by atoms with E-state index in [9.17, 15) is 9.59 Å². The van der Waals surface area contributed by atoms with Crippen molar-refractivity contribution in [3.05, 3.63) is 29.8 Å². The van der Waals surface area contributed by atoms with E-state index in [1.54, 1.807) is 4.90 Å². The number of rotatable bonds is 4. The van der Waals surface area contributed by atoms with Gasteiger partial charge in [-0.1, -0.05) is 6.92 Å². The molecule has 7 heteroatoms. The largest absolute Gasteiger partial charge is 0.444 e. The van der Waals surface area contributed by atoms with Crippen LogP contribution in [0.25, 0.3) is 0 Å². The fourth-order valence-corrected chi connectivity index (χ4v) is 3.96. The molecule has 0 aliphatic carbocycles. The second-order valence-electron chi connectivity index (χ2n) is 9.18. The molecule has 0 unspecified atom stereocenters. The Morgan fingerprint density at radius 3 is 2.13 bits per heavy atom. The zero-order valence-electron chi connectivity index (χ0n) is 18.8. The minimum absolute atomic E-state index is 0.00578. The van der Waals surface area contributed by atoms with Crippen molar-refractivity contribution in [3.8, 4) is 0 Å². The summed E-state index contributed by atoms with van der Waals surface area (Å²) < 4.78 is 5.46. The summed E-state index contributed by atoms with van der Waals surface area (Å²) in [7, 11) is 0. The van der Waals surface area contributed by atoms with Crippen molar-refractivity contribution in [3.63, 3.8) is 0 Å². The number of nitrogens with zero attached hydrogens (tertiary/aromatic N) is 3. The van der Waals surface area contributed by atoms with Crippen LogP contribution < -0.4 is 10.2 Å². The van der Waals surface area contributed by atoms with Crippen molar-refractivity contribution in [2.24, 2.45) is 0 Å². The molecule has 2 amide bonds. The van der Waals surface area contributed by atoms with Gasteiger partial charge in [0.25, 0.3) is 5.91 Å². The molecule has 3 rings (SSSR count). The number of piperidine rings is 1. The van der Waals surface area contributed by atoms with E-state index in [4.69, 9.17) is 4.74 Å². The maximum Gasteiger partial charge on any atom is 0.410 e. The van der Waals surface area contributed by atoms with Crippen LogP contribution in [0.1, 0.15) is 50.9 Å². The van der Waals surface area contributed by atoms with E-state index in [0.29, 0.717) is 18.7 Å². The molecular formula is C23H36N4O3. The molecule has 1 N–H and O–H groups in total. The van der Waals surface area contributed by atoms with Gasteiger partial charge in [0.1, 0.15) is 5.60 Å². The van der Waals surface area contributed by atoms with E-state index in [2.05, 4.69) is 22.0 Å². The molecule has 0 bridgehead atoms. The molecule has 2 fully saturated rings. The minimum Gasteiger partial charge on any atom is -0.444 e. The van der Waals surface area contributed by atoms with Crippen molar-refractivity contribution in [1.29, 1.82) is 0 Å². The van der Waals surface area contributed by atoms with Gasteiger partial charge in [0, 0.05) is 56.6 Å². The van der Waals surface area contributed by atoms with E-state index in [1.165, 1.54) is 0 Å². The first-order chi connectivity index (χ1) is 14.2. The maximum atomic E-state index is 12.6. The molecule has 1 aromatic carbocycles. The molecule has 0 saturated carbocycles. The average Bonchev–Trinajstić information content (AvgIpc) is 2.73. The number of benzene rings is 1. The Kier molecular flexibility index (Phi) is 7.23. The number of hydrogen-bond acceptors (Lipinski definition) is 5. The SMILES string of the molecule is CCN1CCC(NC(=O)c2ccc(N3CCN(C(=O)OC(C)(C)C)CC3)cc2)CC1. The van der Waals surface area contributed by atoms with Gasteiger partial charge in [-0.05, 0) is 64.4 Å². The van der Waals surface area contributed by atoms with Crippen LogP contribution in [0, 0.1) is 0 Å². The van der Waals surface area contributed by atoms with Gasteiger partial charge in [0.2, 0.25) is 0 Å². The number of carbonyl (C=O) groups excluding carboxylic acids is 2. The number of nitrogens with one attached hydrogen (secondary N) is 1. The molecule has 166 valence electrons. The van der Waals surface area contributed by atoms with Crippen molar-refractivity contribution in [2.75, 3.05) is 50.7 Å². The van der Waals surface area contributed by atoms with Gasteiger partial charge in [-0.2, -0.15) is 0 Å². The summed E-state index contributed by atoms with van der Waals surface area (Å²) in [6, 6.07) is 8.05. The minimum atomic E-state index is -0.475. The number of likely N-dealkylation sites (tertiary alicyclic amines) is 1. The quantitative estimate of drug-likeness (QED) is 0.818. The fraction of sp³-hybridized carbons (Fsp3) is 0.652. The van der Waals surface area contributed by atoms with Crippen LogP contribution in [0.4, 0.5) is 10.5 Å². The Bertz CT molecular complexity index is 713. The second kappa shape index (κ2) is 9.69. The summed E-state index contributed by atoms with van der Waals surface area (Å²) in [6.45, 7) is 13.8. The van der Waals surface area contributed by atoms with E-state index in [0.717, 1.165) is 51.3 Å². The Morgan fingerprint density at radius 1 is 1.00 bits per heavy atom. The molecule has 2 aliphatic rings. The third-order valence-corrected chi connectivity index (χ3v) is 5.80. The van der Waals surface area contributed by atoms with E-state index in [-0.39, 0.29) is 18.0 Å². The lowest BCUT2D eigenvalue weighted by atomic mass is 10.0. The first kappa shape index (κ1) is 22.4. The lowest BCUT2D eigenvalue weighted by Gasteiger charge is -2.36. The summed E-state index contributed by atoms with van der Waals surface area (Å²) in [5.41, 5.74) is 1.30. The maximum absolute atomic E-state index is 12.6. The molecule has 0 spiro atoms. The molecule has 2 heterocycles. The van der Waals surface area contributed by atoms with E-state index >= 15 is 0 Å². The number of amides is 2. The highest BCUT2D eigenvalue weighted by molar-refractivity contribution is 5.94. The number of hydrogen-bond donors (Lipinski definition) is 1. The van der Waals surface area contributed by atoms with Crippen molar-refractivity contribution < 1.29 is 14.3 Å². The van der Waals surface area contributed by atoms with Gasteiger partial charge in [0.15, 0.2) is 0 Å². The molecule has 0 radical (unpaired) electrons. The smallest absolute Gasteiger partial charge is 0.410 e. The standard InChI is InChI=1S/C23H36N4O3/c1-5-25-12-10-19(11-13-25)24-21(28)18-6-8-20(9-7-18)26-14-16-27(17-15-26)22(29)30-23(2,3)4/h6-9,19H,5,10-17H2,1-4H3,(H,24,28). The third kappa shape index (κ3) is 6.11. The summed E-state index contributed by atoms with van der Waals surface area (Å²) in [6.07, 6.45) is 1.78. The van der Waals surface area contributed by atoms with Crippen molar-refractivity contribution in [2.45, 2.75) is 52.2 Å². The molecule has 0 atom stereocenters. The molecule has 7 nitrogen and oxygen atoms in total. The van der Waals surface area contributed by atoms with E-state index in [1.807, 2.05) is 45.0 Å². The number of ether oxygens (including phenoxy) is 1. The first-order valence-electron chi connectivity index (χ1n) is 11.1.